The predicted molar refractivity (Wildman–Crippen MR) is 374 cm³/mol. The Bertz CT molecular complexity index is 2450. The number of carbonyl (C=O) groups is 5. The zero-order chi connectivity index (χ0) is 68.1. The van der Waals surface area contributed by atoms with Gasteiger partial charge in [0.05, 0.1) is 19.4 Å². The molecule has 2 aliphatic heterocycles. The summed E-state index contributed by atoms with van der Waals surface area (Å²) in [6, 6.07) is 0. The zero-order valence-electron chi connectivity index (χ0n) is 61.5. The Labute approximate surface area is 559 Å². The minimum Gasteiger partial charge on any atom is -0.487 e. The van der Waals surface area contributed by atoms with E-state index in [9.17, 15) is 24.0 Å². The van der Waals surface area contributed by atoms with Gasteiger partial charge in [-0.2, -0.15) is 0 Å². The number of ether oxygens (including phenoxy) is 6. The number of fused-ring (bicyclic) bond motifs is 2. The number of esters is 2. The predicted octanol–water partition coefficient (Wildman–Crippen LogP) is 18.4. The van der Waals surface area contributed by atoms with Crippen molar-refractivity contribution in [1.82, 2.24) is 15.5 Å². The standard InChI is InChI=1S/C78H131N3O11/c1-19-81(20-2)48-27-49-87-76(86)88-52-65(50-79-68(82)38-40-70(84)89-72-59(11)61(13)74-66(63(72)15)42-46-77(17,91-74)44-25-36-57(9)34-23-32-55(7)30-21-28-53(3)4)51-80-69(83)39-41-71(85)90-73-60(12)62(14)75-67(64(73)16)43-47-78(18,92-75)45-26-37-58(10)35-24-33-56(8)31-22-29-54(5)6/h53-58,65H,19-52H2,1-18H3,(H,79,82)(H,80,83)/t55-,56-,57-,58-,77-,78-/m1/s1. The molecule has 92 heavy (non-hydrogen) atoms. The van der Waals surface area contributed by atoms with E-state index >= 15 is 0 Å². The normalized spacial score (nSPS) is 17.5. The molecule has 0 aromatic heterocycles. The van der Waals surface area contributed by atoms with Crippen molar-refractivity contribution in [1.29, 1.82) is 0 Å². The van der Waals surface area contributed by atoms with Crippen molar-refractivity contribution in [3.8, 4) is 23.0 Å². The Balaban J connectivity index is 1.26. The highest BCUT2D eigenvalue weighted by molar-refractivity contribution is 5.83. The Hall–Kier alpha value is -4.85. The number of nitrogens with zero attached hydrogens (tertiary/aromatic N) is 1. The van der Waals surface area contributed by atoms with E-state index in [-0.39, 0.29) is 63.2 Å². The van der Waals surface area contributed by atoms with E-state index in [1.54, 1.807) is 0 Å². The molecule has 2 aromatic carbocycles. The number of hydrogen-bond donors (Lipinski definition) is 2. The fourth-order valence-electron chi connectivity index (χ4n) is 13.7. The second-order valence-corrected chi connectivity index (χ2v) is 30.1. The van der Waals surface area contributed by atoms with Crippen molar-refractivity contribution >= 4 is 29.9 Å². The second kappa shape index (κ2) is 40.5. The minimum atomic E-state index is -0.845. The van der Waals surface area contributed by atoms with Crippen LogP contribution in [0, 0.1) is 83.0 Å². The van der Waals surface area contributed by atoms with E-state index in [0.29, 0.717) is 29.8 Å². The van der Waals surface area contributed by atoms with Crippen LogP contribution in [0.4, 0.5) is 4.79 Å². The fraction of sp³-hybridized carbons (Fsp3) is 0.782. The molecule has 0 aliphatic carbocycles. The lowest BCUT2D eigenvalue weighted by Gasteiger charge is -2.38. The summed E-state index contributed by atoms with van der Waals surface area (Å²) in [5.41, 5.74) is 6.99. The van der Waals surface area contributed by atoms with Gasteiger partial charge in [0, 0.05) is 49.5 Å². The van der Waals surface area contributed by atoms with Crippen molar-refractivity contribution in [2.45, 2.75) is 309 Å². The van der Waals surface area contributed by atoms with E-state index in [1.165, 1.54) is 89.9 Å². The van der Waals surface area contributed by atoms with Gasteiger partial charge in [-0.25, -0.2) is 4.79 Å². The highest BCUT2D eigenvalue weighted by Gasteiger charge is 2.37. The Morgan fingerprint density at radius 3 is 1.22 bits per heavy atom. The number of rotatable bonds is 44. The van der Waals surface area contributed by atoms with E-state index in [2.05, 4.69) is 98.6 Å². The number of nitrogens with one attached hydrogen (secondary N) is 2. The molecule has 0 bridgehead atoms. The van der Waals surface area contributed by atoms with Crippen LogP contribution >= 0.6 is 0 Å². The van der Waals surface area contributed by atoms with Crippen molar-refractivity contribution in [2.24, 2.45) is 41.4 Å². The van der Waals surface area contributed by atoms with E-state index < -0.39 is 35.8 Å². The van der Waals surface area contributed by atoms with Crippen LogP contribution in [0.15, 0.2) is 0 Å². The average Bonchev–Trinajstić information content (AvgIpc) is 0.781. The van der Waals surface area contributed by atoms with Crippen LogP contribution in [-0.4, -0.2) is 91.9 Å². The van der Waals surface area contributed by atoms with Gasteiger partial charge in [-0.05, 0) is 195 Å². The van der Waals surface area contributed by atoms with Crippen LogP contribution in [-0.2, 0) is 41.5 Å². The third-order valence-electron chi connectivity index (χ3n) is 20.6. The third kappa shape index (κ3) is 27.8. The molecule has 14 nitrogen and oxygen atoms in total. The Morgan fingerprint density at radius 2 is 0.848 bits per heavy atom. The average molecular weight is 1290 g/mol. The topological polar surface area (TPSA) is 168 Å². The molecule has 2 N–H and O–H groups in total. The summed E-state index contributed by atoms with van der Waals surface area (Å²) in [5, 5.41) is 5.72. The van der Waals surface area contributed by atoms with Crippen molar-refractivity contribution in [3.63, 3.8) is 0 Å². The highest BCUT2D eigenvalue weighted by Crippen LogP contribution is 2.47. The van der Waals surface area contributed by atoms with Crippen LogP contribution in [0.3, 0.4) is 0 Å². The molecule has 0 saturated heterocycles. The maximum atomic E-state index is 13.5. The molecule has 0 fully saturated rings. The van der Waals surface area contributed by atoms with Crippen molar-refractivity contribution in [3.05, 3.63) is 44.5 Å². The van der Waals surface area contributed by atoms with Crippen LogP contribution in [0.5, 0.6) is 23.0 Å². The summed E-state index contributed by atoms with van der Waals surface area (Å²) in [6.07, 6.45) is 25.1. The maximum Gasteiger partial charge on any atom is 0.508 e. The first-order valence-corrected chi connectivity index (χ1v) is 36.7. The highest BCUT2D eigenvalue weighted by atomic mass is 16.7. The van der Waals surface area contributed by atoms with E-state index in [1.807, 2.05) is 41.5 Å². The van der Waals surface area contributed by atoms with Crippen LogP contribution in [0.2, 0.25) is 0 Å². The molecule has 2 aliphatic rings. The largest absolute Gasteiger partial charge is 0.508 e. The Kier molecular flexibility index (Phi) is 35.1. The second-order valence-electron chi connectivity index (χ2n) is 30.1. The van der Waals surface area contributed by atoms with Gasteiger partial charge in [0.25, 0.3) is 0 Å². The summed E-state index contributed by atoms with van der Waals surface area (Å²) in [5.74, 6) is 5.01. The summed E-state index contributed by atoms with van der Waals surface area (Å²) in [7, 11) is 0. The van der Waals surface area contributed by atoms with Gasteiger partial charge in [-0.1, -0.05) is 159 Å². The van der Waals surface area contributed by atoms with Gasteiger partial charge in [0.15, 0.2) is 0 Å². The van der Waals surface area contributed by atoms with Crippen LogP contribution in [0.25, 0.3) is 0 Å². The third-order valence-corrected chi connectivity index (χ3v) is 20.6. The molecule has 0 saturated carbocycles. The summed E-state index contributed by atoms with van der Waals surface area (Å²) in [6.45, 7) is 42.1. The minimum absolute atomic E-state index is 0.0282. The number of carbonyl (C=O) groups excluding carboxylic acids is 5. The molecular formula is C78H131N3O11. The molecule has 2 heterocycles. The summed E-state index contributed by atoms with van der Waals surface area (Å²) >= 11 is 0. The lowest BCUT2D eigenvalue weighted by Crippen LogP contribution is -2.39. The van der Waals surface area contributed by atoms with Crippen molar-refractivity contribution in [2.75, 3.05) is 45.9 Å². The molecular weight excluding hydrogens is 1150 g/mol. The molecule has 2 amide bonds. The molecule has 524 valence electrons. The first kappa shape index (κ1) is 79.6. The SMILES string of the molecule is CCN(CC)CCCOC(=O)OCC(CNC(=O)CCC(=O)Oc1c(C)c(C)c2c(c1C)CC[C@@](C)(CCC[C@H](C)CCC[C@H](C)CCCC(C)C)O2)CNC(=O)CCC(=O)Oc1c(C)c(C)c2c(c1C)CC[C@@](C)(CCC[C@H](C)CCC[C@H](C)CCCC(C)C)O2. The van der Waals surface area contributed by atoms with Gasteiger partial charge in [0.2, 0.25) is 11.8 Å². The van der Waals surface area contributed by atoms with Crippen molar-refractivity contribution < 1.29 is 52.4 Å². The molecule has 6 atom stereocenters. The lowest BCUT2D eigenvalue weighted by atomic mass is 9.83. The van der Waals surface area contributed by atoms with Gasteiger partial charge < -0.3 is 44.0 Å². The van der Waals surface area contributed by atoms with E-state index in [0.717, 1.165) is 151 Å². The summed E-state index contributed by atoms with van der Waals surface area (Å²) in [4.78, 5) is 68.6. The molecule has 4 rings (SSSR count). The molecule has 14 heteroatoms. The van der Waals surface area contributed by atoms with Gasteiger partial charge in [-0.3, -0.25) is 19.2 Å². The number of hydrogen-bond acceptors (Lipinski definition) is 12. The molecule has 2 aromatic rings. The quantitative estimate of drug-likeness (QED) is 0.0367. The number of amides is 2. The maximum absolute atomic E-state index is 13.5. The lowest BCUT2D eigenvalue weighted by molar-refractivity contribution is -0.136. The van der Waals surface area contributed by atoms with Crippen LogP contribution in [0.1, 0.15) is 288 Å². The van der Waals surface area contributed by atoms with E-state index in [4.69, 9.17) is 28.4 Å². The van der Waals surface area contributed by atoms with Gasteiger partial charge >= 0.3 is 18.1 Å². The van der Waals surface area contributed by atoms with Gasteiger partial charge in [0.1, 0.15) is 40.8 Å². The molecule has 0 unspecified atom stereocenters. The first-order chi connectivity index (χ1) is 43.6. The zero-order valence-corrected chi connectivity index (χ0v) is 61.5. The smallest absolute Gasteiger partial charge is 0.487 e. The van der Waals surface area contributed by atoms with Gasteiger partial charge in [-0.15, -0.1) is 0 Å². The molecule has 0 radical (unpaired) electrons. The molecule has 0 spiro atoms. The fourth-order valence-corrected chi connectivity index (χ4v) is 13.7. The monoisotopic (exact) mass is 1290 g/mol. The van der Waals surface area contributed by atoms with Crippen LogP contribution < -0.4 is 29.6 Å². The summed E-state index contributed by atoms with van der Waals surface area (Å²) < 4.78 is 36.6. The Morgan fingerprint density at radius 1 is 0.478 bits per heavy atom. The number of benzene rings is 2. The first-order valence-electron chi connectivity index (χ1n) is 36.7.